The smallest absolute Gasteiger partial charge is 0.173 e. The topological polar surface area (TPSA) is 35.2 Å². The van der Waals surface area contributed by atoms with Crippen LogP contribution in [0.15, 0.2) is 0 Å². The van der Waals surface area contributed by atoms with Crippen LogP contribution in [0, 0.1) is 0 Å². The molecule has 2 nitrogen and oxygen atoms in total. The highest BCUT2D eigenvalue weighted by molar-refractivity contribution is 6.84. The minimum atomic E-state index is -1.37. The summed E-state index contributed by atoms with van der Waals surface area (Å²) < 4.78 is 6.21. The van der Waals surface area contributed by atoms with Crippen molar-refractivity contribution in [2.24, 2.45) is 5.73 Å². The highest BCUT2D eigenvalue weighted by atomic mass is 28.4. The molecule has 0 radical (unpaired) electrons. The second-order valence-corrected chi connectivity index (χ2v) is 14.3. The van der Waals surface area contributed by atoms with Crippen molar-refractivity contribution in [1.82, 2.24) is 0 Å². The molecule has 0 bridgehead atoms. The van der Waals surface area contributed by atoms with Crippen molar-refractivity contribution >= 4 is 16.6 Å². The van der Waals surface area contributed by atoms with Gasteiger partial charge >= 0.3 is 0 Å². The second-order valence-electron chi connectivity index (χ2n) is 5.22. The number of hydrogen-bond acceptors (Lipinski definition) is 2. The minimum Gasteiger partial charge on any atom is -0.456 e. The van der Waals surface area contributed by atoms with Crippen LogP contribution in [-0.2, 0) is 4.12 Å². The molecular weight excluding hydrogens is 194 g/mol. The molecule has 0 amide bonds. The first-order chi connectivity index (χ1) is 5.77. The molecule has 0 unspecified atom stereocenters. The average molecular weight is 219 g/mol. The van der Waals surface area contributed by atoms with Gasteiger partial charge in [0, 0.05) is 0 Å². The first-order valence-corrected chi connectivity index (χ1v) is 11.7. The normalized spacial score (nSPS) is 13.4. The molecule has 0 fully saturated rings. The molecule has 0 saturated carbocycles. The second kappa shape index (κ2) is 5.29. The molecule has 0 spiro atoms. The molecule has 0 atom stereocenters. The monoisotopic (exact) mass is 219 g/mol. The van der Waals surface area contributed by atoms with Crippen molar-refractivity contribution in [3.63, 3.8) is 0 Å². The molecule has 0 aromatic heterocycles. The van der Waals surface area contributed by atoms with Crippen LogP contribution in [0.1, 0.15) is 12.8 Å². The number of unbranched alkanes of at least 4 members (excludes halogenated alkanes) is 1. The lowest BCUT2D eigenvalue weighted by Gasteiger charge is -2.31. The molecular formula is C9H25NOSi2. The van der Waals surface area contributed by atoms with Gasteiger partial charge in [-0.3, -0.25) is 0 Å². The standard InChI is InChI=1S/C9H25NOSi2/c1-12(2,3)11-13(4,5)9-7-6-8-10/h6-10H2,1-5H3. The van der Waals surface area contributed by atoms with E-state index in [0.29, 0.717) is 0 Å². The Morgan fingerprint density at radius 2 is 1.54 bits per heavy atom. The van der Waals surface area contributed by atoms with E-state index >= 15 is 0 Å². The van der Waals surface area contributed by atoms with Gasteiger partial charge < -0.3 is 9.85 Å². The van der Waals surface area contributed by atoms with Crippen molar-refractivity contribution in [3.05, 3.63) is 0 Å². The van der Waals surface area contributed by atoms with Crippen molar-refractivity contribution in [2.75, 3.05) is 6.54 Å². The van der Waals surface area contributed by atoms with Gasteiger partial charge in [-0.2, -0.15) is 0 Å². The van der Waals surface area contributed by atoms with E-state index in [9.17, 15) is 0 Å². The van der Waals surface area contributed by atoms with E-state index in [0.717, 1.165) is 13.0 Å². The lowest BCUT2D eigenvalue weighted by Crippen LogP contribution is -2.42. The molecule has 0 saturated heterocycles. The van der Waals surface area contributed by atoms with Crippen molar-refractivity contribution in [3.8, 4) is 0 Å². The van der Waals surface area contributed by atoms with Crippen LogP contribution in [-0.4, -0.2) is 23.2 Å². The Bertz CT molecular complexity index is 143. The van der Waals surface area contributed by atoms with Crippen molar-refractivity contribution in [1.29, 1.82) is 0 Å². The largest absolute Gasteiger partial charge is 0.456 e. The molecule has 0 aliphatic heterocycles. The van der Waals surface area contributed by atoms with Crippen LogP contribution in [0.25, 0.3) is 0 Å². The maximum absolute atomic E-state index is 6.21. The summed E-state index contributed by atoms with van der Waals surface area (Å²) in [5.41, 5.74) is 5.47. The Morgan fingerprint density at radius 3 is 1.92 bits per heavy atom. The van der Waals surface area contributed by atoms with Gasteiger partial charge in [-0.25, -0.2) is 0 Å². The van der Waals surface area contributed by atoms with E-state index in [1.165, 1.54) is 12.5 Å². The van der Waals surface area contributed by atoms with E-state index in [4.69, 9.17) is 9.85 Å². The molecule has 4 heteroatoms. The Hall–Kier alpha value is 0.354. The quantitative estimate of drug-likeness (QED) is 0.551. The zero-order chi connectivity index (χ0) is 10.5. The summed E-state index contributed by atoms with van der Waals surface area (Å²) in [7, 11) is -2.69. The van der Waals surface area contributed by atoms with Gasteiger partial charge in [-0.05, 0) is 51.7 Å². The summed E-state index contributed by atoms with van der Waals surface area (Å²) >= 11 is 0. The molecule has 2 N–H and O–H groups in total. The molecule has 0 aliphatic rings. The zero-order valence-electron chi connectivity index (χ0n) is 9.81. The summed E-state index contributed by atoms with van der Waals surface area (Å²) in [5, 5.41) is 0. The third-order valence-electron chi connectivity index (χ3n) is 1.82. The molecule has 0 heterocycles. The van der Waals surface area contributed by atoms with Gasteiger partial charge in [0.05, 0.1) is 0 Å². The maximum Gasteiger partial charge on any atom is 0.173 e. The number of rotatable bonds is 6. The van der Waals surface area contributed by atoms with Crippen LogP contribution in [0.2, 0.25) is 38.8 Å². The summed E-state index contributed by atoms with van der Waals surface area (Å²) in [6, 6.07) is 1.26. The summed E-state index contributed by atoms with van der Waals surface area (Å²) in [4.78, 5) is 0. The van der Waals surface area contributed by atoms with Crippen LogP contribution in [0.4, 0.5) is 0 Å². The van der Waals surface area contributed by atoms with Crippen LogP contribution >= 0.6 is 0 Å². The molecule has 0 aliphatic carbocycles. The lowest BCUT2D eigenvalue weighted by atomic mass is 10.3. The van der Waals surface area contributed by atoms with Gasteiger partial charge in [-0.1, -0.05) is 6.42 Å². The predicted octanol–water partition coefficient (Wildman–Crippen LogP) is 2.78. The SMILES string of the molecule is C[Si](C)(C)O[Si](C)(C)CCCCN. The van der Waals surface area contributed by atoms with E-state index in [1.54, 1.807) is 0 Å². The van der Waals surface area contributed by atoms with Crippen LogP contribution in [0.5, 0.6) is 0 Å². The zero-order valence-corrected chi connectivity index (χ0v) is 11.8. The summed E-state index contributed by atoms with van der Waals surface area (Å²) in [5.74, 6) is 0. The Labute approximate surface area is 85.1 Å². The van der Waals surface area contributed by atoms with E-state index < -0.39 is 16.6 Å². The summed E-state index contributed by atoms with van der Waals surface area (Å²) in [6.07, 6.45) is 2.38. The Kier molecular flexibility index (Phi) is 5.43. The molecule has 80 valence electrons. The minimum absolute atomic E-state index is 0.817. The van der Waals surface area contributed by atoms with Crippen LogP contribution < -0.4 is 5.73 Å². The highest BCUT2D eigenvalue weighted by Crippen LogP contribution is 2.20. The molecule has 0 rings (SSSR count). The third-order valence-corrected chi connectivity index (χ3v) is 8.03. The van der Waals surface area contributed by atoms with E-state index in [1.807, 2.05) is 0 Å². The third kappa shape index (κ3) is 8.68. The summed E-state index contributed by atoms with van der Waals surface area (Å²) in [6.45, 7) is 12.3. The lowest BCUT2D eigenvalue weighted by molar-refractivity contribution is 0.542. The van der Waals surface area contributed by atoms with Gasteiger partial charge in [-0.15, -0.1) is 0 Å². The van der Waals surface area contributed by atoms with Gasteiger partial charge in [0.1, 0.15) is 0 Å². The first kappa shape index (κ1) is 13.4. The van der Waals surface area contributed by atoms with Gasteiger partial charge in [0.2, 0.25) is 0 Å². The molecule has 13 heavy (non-hydrogen) atoms. The van der Waals surface area contributed by atoms with Crippen molar-refractivity contribution in [2.45, 2.75) is 51.6 Å². The van der Waals surface area contributed by atoms with E-state index in [2.05, 4.69) is 32.7 Å². The maximum atomic E-state index is 6.21. The van der Waals surface area contributed by atoms with E-state index in [-0.39, 0.29) is 0 Å². The Balaban J connectivity index is 3.80. The van der Waals surface area contributed by atoms with Crippen LogP contribution in [0.3, 0.4) is 0 Å². The molecule has 0 aromatic rings. The number of nitrogens with two attached hydrogens (primary N) is 1. The first-order valence-electron chi connectivity index (χ1n) is 5.17. The highest BCUT2D eigenvalue weighted by Gasteiger charge is 2.28. The fourth-order valence-corrected chi connectivity index (χ4v) is 9.72. The fourth-order valence-electron chi connectivity index (χ4n) is 1.57. The fraction of sp³-hybridized carbons (Fsp3) is 1.00. The van der Waals surface area contributed by atoms with Gasteiger partial charge in [0.15, 0.2) is 16.6 Å². The average Bonchev–Trinajstić information content (AvgIpc) is 1.81. The number of hydrogen-bond donors (Lipinski definition) is 1. The van der Waals surface area contributed by atoms with Crippen molar-refractivity contribution < 1.29 is 4.12 Å². The predicted molar refractivity (Wildman–Crippen MR) is 65.0 cm³/mol. The van der Waals surface area contributed by atoms with Gasteiger partial charge in [0.25, 0.3) is 0 Å². The Morgan fingerprint density at radius 1 is 1.00 bits per heavy atom. The molecule has 0 aromatic carbocycles.